The summed E-state index contributed by atoms with van der Waals surface area (Å²) in [7, 11) is 1.25. The van der Waals surface area contributed by atoms with E-state index in [-0.39, 0.29) is 17.1 Å². The van der Waals surface area contributed by atoms with E-state index < -0.39 is 22.5 Å². The maximum Gasteiger partial charge on any atom is 0.321 e. The molecule has 18 heavy (non-hydrogen) atoms. The minimum atomic E-state index is -0.648. The second kappa shape index (κ2) is 6.70. The van der Waals surface area contributed by atoms with Gasteiger partial charge in [0.1, 0.15) is 10.6 Å². The van der Waals surface area contributed by atoms with E-state index in [4.69, 9.17) is 11.6 Å². The maximum absolute atomic E-state index is 12.8. The smallest absolute Gasteiger partial charge is 0.321 e. The Bertz CT molecular complexity index is 470. The van der Waals surface area contributed by atoms with E-state index in [1.54, 1.807) is 0 Å². The fourth-order valence-electron chi connectivity index (χ4n) is 1.16. The maximum atomic E-state index is 12.8. The highest BCUT2D eigenvalue weighted by Gasteiger charge is 2.17. The first kappa shape index (κ1) is 14.9. The topological polar surface area (TPSA) is 55.4 Å². The summed E-state index contributed by atoms with van der Waals surface area (Å²) in [5.41, 5.74) is 0.141. The zero-order valence-corrected chi connectivity index (χ0v) is 11.7. The lowest BCUT2D eigenvalue weighted by Crippen LogP contribution is -2.34. The van der Waals surface area contributed by atoms with E-state index in [2.05, 4.69) is 26.0 Å². The van der Waals surface area contributed by atoms with Crippen LogP contribution in [0, 0.1) is 5.82 Å². The molecule has 0 bridgehead atoms. The highest BCUT2D eigenvalue weighted by atomic mass is 79.9. The molecule has 1 unspecified atom stereocenters. The van der Waals surface area contributed by atoms with Crippen molar-refractivity contribution >= 4 is 39.4 Å². The first-order valence-electron chi connectivity index (χ1n) is 4.91. The van der Waals surface area contributed by atoms with Crippen LogP contribution in [-0.4, -0.2) is 30.4 Å². The summed E-state index contributed by atoms with van der Waals surface area (Å²) in [6.45, 7) is 0.0409. The van der Waals surface area contributed by atoms with Gasteiger partial charge >= 0.3 is 5.97 Å². The molecule has 0 aliphatic carbocycles. The van der Waals surface area contributed by atoms with E-state index in [1.165, 1.54) is 13.2 Å². The highest BCUT2D eigenvalue weighted by molar-refractivity contribution is 9.10. The molecule has 7 heteroatoms. The van der Waals surface area contributed by atoms with Crippen LogP contribution in [0.15, 0.2) is 18.2 Å². The zero-order chi connectivity index (χ0) is 13.7. The zero-order valence-electron chi connectivity index (χ0n) is 9.38. The third-order valence-corrected chi connectivity index (χ3v) is 3.08. The molecule has 1 N–H and O–H groups in total. The molecule has 98 valence electrons. The third kappa shape index (κ3) is 3.96. The SMILES string of the molecule is COC(=O)C(Br)CNC(=O)c1ccc(F)cc1Cl. The van der Waals surface area contributed by atoms with Crippen LogP contribution in [0.1, 0.15) is 10.4 Å². The molecule has 0 radical (unpaired) electrons. The predicted molar refractivity (Wildman–Crippen MR) is 68.5 cm³/mol. The van der Waals surface area contributed by atoms with Crippen LogP contribution in [-0.2, 0) is 9.53 Å². The lowest BCUT2D eigenvalue weighted by atomic mass is 10.2. The normalized spacial score (nSPS) is 11.8. The number of amides is 1. The second-order valence-corrected chi connectivity index (χ2v) is 4.84. The van der Waals surface area contributed by atoms with Crippen molar-refractivity contribution in [2.75, 3.05) is 13.7 Å². The minimum absolute atomic E-state index is 0.0108. The van der Waals surface area contributed by atoms with Gasteiger partial charge in [-0.1, -0.05) is 27.5 Å². The molecular weight excluding hydrogens is 328 g/mol. The molecule has 0 aromatic heterocycles. The molecule has 0 saturated heterocycles. The highest BCUT2D eigenvalue weighted by Crippen LogP contribution is 2.17. The Morgan fingerprint density at radius 2 is 2.22 bits per heavy atom. The van der Waals surface area contributed by atoms with Gasteiger partial charge in [0.2, 0.25) is 0 Å². The van der Waals surface area contributed by atoms with Crippen molar-refractivity contribution in [3.05, 3.63) is 34.6 Å². The molecule has 1 aromatic rings. The molecule has 0 heterocycles. The number of nitrogens with one attached hydrogen (secondary N) is 1. The van der Waals surface area contributed by atoms with Crippen LogP contribution in [0.5, 0.6) is 0 Å². The van der Waals surface area contributed by atoms with Crippen LogP contribution in [0.2, 0.25) is 5.02 Å². The number of methoxy groups -OCH3 is 1. The number of hydrogen-bond donors (Lipinski definition) is 1. The molecular formula is C11H10BrClFNO3. The van der Waals surface area contributed by atoms with E-state index in [9.17, 15) is 14.0 Å². The van der Waals surface area contributed by atoms with Crippen LogP contribution in [0.3, 0.4) is 0 Å². The molecule has 1 atom stereocenters. The number of ether oxygens (including phenoxy) is 1. The number of halogens is 3. The lowest BCUT2D eigenvalue weighted by Gasteiger charge is -2.10. The summed E-state index contributed by atoms with van der Waals surface area (Å²) in [6, 6.07) is 3.45. The molecule has 0 spiro atoms. The van der Waals surface area contributed by atoms with Crippen molar-refractivity contribution in [2.45, 2.75) is 4.83 Å². The number of rotatable bonds is 4. The van der Waals surface area contributed by atoms with Gasteiger partial charge in [-0.05, 0) is 18.2 Å². The van der Waals surface area contributed by atoms with Gasteiger partial charge in [-0.15, -0.1) is 0 Å². The molecule has 1 rings (SSSR count). The average Bonchev–Trinajstić information content (AvgIpc) is 2.34. The number of alkyl halides is 1. The number of hydrogen-bond acceptors (Lipinski definition) is 3. The van der Waals surface area contributed by atoms with Gasteiger partial charge in [0.25, 0.3) is 5.91 Å². The van der Waals surface area contributed by atoms with Crippen molar-refractivity contribution in [1.29, 1.82) is 0 Å². The Balaban J connectivity index is 2.63. The molecule has 0 fully saturated rings. The van der Waals surface area contributed by atoms with Crippen LogP contribution in [0.25, 0.3) is 0 Å². The van der Waals surface area contributed by atoms with Gasteiger partial charge in [0.05, 0.1) is 17.7 Å². The Morgan fingerprint density at radius 1 is 1.56 bits per heavy atom. The van der Waals surface area contributed by atoms with Gasteiger partial charge < -0.3 is 10.1 Å². The van der Waals surface area contributed by atoms with Crippen LogP contribution < -0.4 is 5.32 Å². The molecule has 4 nitrogen and oxygen atoms in total. The van der Waals surface area contributed by atoms with Crippen LogP contribution >= 0.6 is 27.5 Å². The van der Waals surface area contributed by atoms with Crippen molar-refractivity contribution in [2.24, 2.45) is 0 Å². The Labute approximate surface area is 117 Å². The Morgan fingerprint density at radius 3 is 2.78 bits per heavy atom. The van der Waals surface area contributed by atoms with E-state index in [0.717, 1.165) is 12.1 Å². The average molecular weight is 339 g/mol. The van der Waals surface area contributed by atoms with Gasteiger partial charge in [-0.3, -0.25) is 9.59 Å². The van der Waals surface area contributed by atoms with Crippen molar-refractivity contribution in [3.63, 3.8) is 0 Å². The first-order chi connectivity index (χ1) is 8.45. The number of carbonyl (C=O) groups excluding carboxylic acids is 2. The third-order valence-electron chi connectivity index (χ3n) is 2.07. The van der Waals surface area contributed by atoms with Gasteiger partial charge in [-0.2, -0.15) is 0 Å². The second-order valence-electron chi connectivity index (χ2n) is 3.32. The Hall–Kier alpha value is -1.14. The van der Waals surface area contributed by atoms with Crippen molar-refractivity contribution in [1.82, 2.24) is 5.32 Å². The van der Waals surface area contributed by atoms with Gasteiger partial charge in [0, 0.05) is 6.54 Å². The fourth-order valence-corrected chi connectivity index (χ4v) is 1.76. The summed E-state index contributed by atoms with van der Waals surface area (Å²) in [5.74, 6) is -1.52. The van der Waals surface area contributed by atoms with E-state index >= 15 is 0 Å². The molecule has 1 aromatic carbocycles. The molecule has 0 aliphatic rings. The molecule has 0 aliphatic heterocycles. The van der Waals surface area contributed by atoms with E-state index in [0.29, 0.717) is 0 Å². The summed E-state index contributed by atoms with van der Waals surface area (Å²) >= 11 is 8.78. The van der Waals surface area contributed by atoms with Crippen LogP contribution in [0.4, 0.5) is 4.39 Å². The van der Waals surface area contributed by atoms with E-state index in [1.807, 2.05) is 0 Å². The standard InChI is InChI=1S/C11H10BrClFNO3/c1-18-11(17)8(12)5-15-10(16)7-3-2-6(14)4-9(7)13/h2-4,8H,5H2,1H3,(H,15,16). The molecule has 0 saturated carbocycles. The van der Waals surface area contributed by atoms with Crippen molar-refractivity contribution < 1.29 is 18.7 Å². The predicted octanol–water partition coefficient (Wildman–Crippen LogP) is 2.15. The quantitative estimate of drug-likeness (QED) is 0.676. The summed E-state index contributed by atoms with van der Waals surface area (Å²) in [6.07, 6.45) is 0. The van der Waals surface area contributed by atoms with Crippen molar-refractivity contribution in [3.8, 4) is 0 Å². The monoisotopic (exact) mass is 337 g/mol. The van der Waals surface area contributed by atoms with Gasteiger partial charge in [-0.25, -0.2) is 4.39 Å². The number of carbonyl (C=O) groups is 2. The summed E-state index contributed by atoms with van der Waals surface area (Å²) < 4.78 is 17.3. The summed E-state index contributed by atoms with van der Waals surface area (Å²) in [5, 5.41) is 2.49. The summed E-state index contributed by atoms with van der Waals surface area (Å²) in [4.78, 5) is 22.1. The minimum Gasteiger partial charge on any atom is -0.468 e. The Kier molecular flexibility index (Phi) is 5.55. The number of benzene rings is 1. The van der Waals surface area contributed by atoms with Gasteiger partial charge in [0.15, 0.2) is 0 Å². The fraction of sp³-hybridized carbons (Fsp3) is 0.273. The molecule has 1 amide bonds. The largest absolute Gasteiger partial charge is 0.468 e. The number of esters is 1. The lowest BCUT2D eigenvalue weighted by molar-refractivity contribution is -0.139. The first-order valence-corrected chi connectivity index (χ1v) is 6.20.